The average Bonchev–Trinajstić information content (AvgIpc) is 2.01. The summed E-state index contributed by atoms with van der Waals surface area (Å²) in [6, 6.07) is 0. The predicted octanol–water partition coefficient (Wildman–Crippen LogP) is 2.49. The molecule has 0 rings (SSSR count). The molecule has 0 aromatic carbocycles. The van der Waals surface area contributed by atoms with Crippen LogP contribution in [0.4, 0.5) is 0 Å². The number of primary amides is 1. The van der Waals surface area contributed by atoms with Crippen LogP contribution in [0.15, 0.2) is 0 Å². The highest BCUT2D eigenvalue weighted by atomic mass is 35.5. The third-order valence-electron chi connectivity index (χ3n) is 2.95. The molecule has 0 spiro atoms. The SMILES string of the molecule is CC(C)(C)[Si](C)(C)OCC[C@H](Cl)C(N)=O. The fourth-order valence-electron chi connectivity index (χ4n) is 0.776. The molecular formula is C10H22ClNO2Si. The van der Waals surface area contributed by atoms with Crippen LogP contribution in [0.5, 0.6) is 0 Å². The zero-order valence-electron chi connectivity index (χ0n) is 10.3. The third kappa shape index (κ3) is 5.00. The minimum atomic E-state index is -1.72. The molecule has 0 radical (unpaired) electrons. The van der Waals surface area contributed by atoms with Gasteiger partial charge < -0.3 is 10.2 Å². The summed E-state index contributed by atoms with van der Waals surface area (Å²) >= 11 is 5.72. The molecule has 0 aliphatic carbocycles. The Labute approximate surface area is 98.4 Å². The van der Waals surface area contributed by atoms with Crippen LogP contribution in [0.1, 0.15) is 27.2 Å². The minimum Gasteiger partial charge on any atom is -0.417 e. The summed E-state index contributed by atoms with van der Waals surface area (Å²) in [7, 11) is -1.72. The van der Waals surface area contributed by atoms with Crippen molar-refractivity contribution in [3.8, 4) is 0 Å². The first-order chi connectivity index (χ1) is 6.58. The van der Waals surface area contributed by atoms with Gasteiger partial charge in [0.1, 0.15) is 5.38 Å². The number of hydrogen-bond donors (Lipinski definition) is 1. The number of carbonyl (C=O) groups is 1. The largest absolute Gasteiger partial charge is 0.417 e. The first-order valence-electron chi connectivity index (χ1n) is 5.15. The Kier molecular flexibility index (Phi) is 5.30. The maximum atomic E-state index is 10.7. The van der Waals surface area contributed by atoms with E-state index in [1.165, 1.54) is 0 Å². The third-order valence-corrected chi connectivity index (χ3v) is 7.92. The molecule has 0 heterocycles. The lowest BCUT2D eigenvalue weighted by molar-refractivity contribution is -0.117. The van der Waals surface area contributed by atoms with Gasteiger partial charge in [-0.1, -0.05) is 20.8 Å². The van der Waals surface area contributed by atoms with E-state index in [0.29, 0.717) is 13.0 Å². The van der Waals surface area contributed by atoms with Gasteiger partial charge in [-0.3, -0.25) is 4.79 Å². The second-order valence-electron chi connectivity index (χ2n) is 5.27. The van der Waals surface area contributed by atoms with E-state index in [1.54, 1.807) is 0 Å². The first kappa shape index (κ1) is 14.9. The molecule has 3 nitrogen and oxygen atoms in total. The topological polar surface area (TPSA) is 52.3 Å². The van der Waals surface area contributed by atoms with E-state index < -0.39 is 19.6 Å². The summed E-state index contributed by atoms with van der Waals surface area (Å²) in [6.45, 7) is 11.4. The molecule has 0 aromatic heterocycles. The maximum Gasteiger partial charge on any atom is 0.235 e. The molecule has 0 saturated heterocycles. The van der Waals surface area contributed by atoms with E-state index in [2.05, 4.69) is 33.9 Å². The summed E-state index contributed by atoms with van der Waals surface area (Å²) in [5.41, 5.74) is 5.06. The highest BCUT2D eigenvalue weighted by Crippen LogP contribution is 2.36. The summed E-state index contributed by atoms with van der Waals surface area (Å²) < 4.78 is 5.86. The molecule has 0 saturated carbocycles. The van der Waals surface area contributed by atoms with Crippen LogP contribution in [0.25, 0.3) is 0 Å². The fraction of sp³-hybridized carbons (Fsp3) is 0.900. The molecule has 0 aliphatic heterocycles. The lowest BCUT2D eigenvalue weighted by atomic mass is 10.2. The molecule has 90 valence electrons. The van der Waals surface area contributed by atoms with Crippen LogP contribution >= 0.6 is 11.6 Å². The average molecular weight is 252 g/mol. The molecule has 5 heteroatoms. The number of hydrogen-bond acceptors (Lipinski definition) is 2. The molecule has 0 aliphatic rings. The molecule has 15 heavy (non-hydrogen) atoms. The Morgan fingerprint density at radius 2 is 1.93 bits per heavy atom. The molecule has 0 aromatic rings. The van der Waals surface area contributed by atoms with E-state index >= 15 is 0 Å². The van der Waals surface area contributed by atoms with Crippen LogP contribution in [-0.2, 0) is 9.22 Å². The Balaban J connectivity index is 4.01. The van der Waals surface area contributed by atoms with Gasteiger partial charge in [0.15, 0.2) is 8.32 Å². The van der Waals surface area contributed by atoms with Gasteiger partial charge in [-0.05, 0) is 24.6 Å². The number of amides is 1. The van der Waals surface area contributed by atoms with Crippen LogP contribution in [0.3, 0.4) is 0 Å². The van der Waals surface area contributed by atoms with Gasteiger partial charge >= 0.3 is 0 Å². The smallest absolute Gasteiger partial charge is 0.235 e. The van der Waals surface area contributed by atoms with Gasteiger partial charge in [0.2, 0.25) is 5.91 Å². The maximum absolute atomic E-state index is 10.7. The lowest BCUT2D eigenvalue weighted by Gasteiger charge is -2.36. The van der Waals surface area contributed by atoms with E-state index in [-0.39, 0.29) is 5.04 Å². The normalized spacial score (nSPS) is 15.1. The first-order valence-corrected chi connectivity index (χ1v) is 8.50. The molecule has 0 unspecified atom stereocenters. The van der Waals surface area contributed by atoms with Gasteiger partial charge in [0, 0.05) is 6.61 Å². The zero-order valence-corrected chi connectivity index (χ0v) is 12.0. The summed E-state index contributed by atoms with van der Waals surface area (Å²) in [6.07, 6.45) is 0.489. The lowest BCUT2D eigenvalue weighted by Crippen LogP contribution is -2.41. The monoisotopic (exact) mass is 251 g/mol. The van der Waals surface area contributed by atoms with Gasteiger partial charge in [-0.15, -0.1) is 11.6 Å². The standard InChI is InChI=1S/C10H22ClNO2Si/c1-10(2,3)15(4,5)14-7-6-8(11)9(12)13/h8H,6-7H2,1-5H3,(H2,12,13)/t8-/m0/s1. The van der Waals surface area contributed by atoms with E-state index in [4.69, 9.17) is 21.8 Å². The molecule has 0 bridgehead atoms. The molecule has 2 N–H and O–H groups in total. The van der Waals surface area contributed by atoms with Crippen molar-refractivity contribution in [2.75, 3.05) is 6.61 Å². The highest BCUT2D eigenvalue weighted by Gasteiger charge is 2.37. The number of nitrogens with two attached hydrogens (primary N) is 1. The summed E-state index contributed by atoms with van der Waals surface area (Å²) in [5.74, 6) is -0.476. The van der Waals surface area contributed by atoms with E-state index in [1.807, 2.05) is 0 Å². The Morgan fingerprint density at radius 3 is 2.27 bits per heavy atom. The van der Waals surface area contributed by atoms with Gasteiger partial charge in [-0.2, -0.15) is 0 Å². The van der Waals surface area contributed by atoms with Crippen molar-refractivity contribution in [1.29, 1.82) is 0 Å². The van der Waals surface area contributed by atoms with Crippen LogP contribution in [0.2, 0.25) is 18.1 Å². The number of alkyl halides is 1. The van der Waals surface area contributed by atoms with Crippen molar-refractivity contribution in [1.82, 2.24) is 0 Å². The van der Waals surface area contributed by atoms with Crippen LogP contribution < -0.4 is 5.73 Å². The quantitative estimate of drug-likeness (QED) is 0.603. The van der Waals surface area contributed by atoms with Gasteiger partial charge in [-0.25, -0.2) is 0 Å². The highest BCUT2D eigenvalue weighted by molar-refractivity contribution is 6.74. The molecule has 1 amide bonds. The Bertz CT molecular complexity index is 226. The molecule has 1 atom stereocenters. The van der Waals surface area contributed by atoms with E-state index in [9.17, 15) is 4.79 Å². The van der Waals surface area contributed by atoms with Crippen LogP contribution in [-0.4, -0.2) is 26.2 Å². The Morgan fingerprint density at radius 1 is 1.47 bits per heavy atom. The van der Waals surface area contributed by atoms with Crippen molar-refractivity contribution in [2.45, 2.75) is 50.7 Å². The van der Waals surface area contributed by atoms with Crippen molar-refractivity contribution in [3.63, 3.8) is 0 Å². The molecular weight excluding hydrogens is 230 g/mol. The number of carbonyl (C=O) groups excluding carboxylic acids is 1. The minimum absolute atomic E-state index is 0.182. The predicted molar refractivity (Wildman–Crippen MR) is 66.6 cm³/mol. The van der Waals surface area contributed by atoms with Crippen LogP contribution in [0, 0.1) is 0 Å². The van der Waals surface area contributed by atoms with Crippen molar-refractivity contribution in [2.24, 2.45) is 5.73 Å². The number of halogens is 1. The summed E-state index contributed by atoms with van der Waals surface area (Å²) in [4.78, 5) is 10.7. The fourth-order valence-corrected chi connectivity index (χ4v) is 1.93. The van der Waals surface area contributed by atoms with Crippen molar-refractivity contribution < 1.29 is 9.22 Å². The van der Waals surface area contributed by atoms with Gasteiger partial charge in [0.05, 0.1) is 0 Å². The zero-order chi connectivity index (χ0) is 12.3. The van der Waals surface area contributed by atoms with E-state index in [0.717, 1.165) is 0 Å². The molecule has 0 fully saturated rings. The Hall–Kier alpha value is -0.0631. The second kappa shape index (κ2) is 5.32. The second-order valence-corrected chi connectivity index (χ2v) is 10.6. The summed E-state index contributed by atoms with van der Waals surface area (Å²) in [5, 5.41) is -0.434. The number of rotatable bonds is 5. The van der Waals surface area contributed by atoms with Gasteiger partial charge in [0.25, 0.3) is 0 Å². The van der Waals surface area contributed by atoms with Crippen molar-refractivity contribution in [3.05, 3.63) is 0 Å². The van der Waals surface area contributed by atoms with Crippen molar-refractivity contribution >= 4 is 25.8 Å².